The summed E-state index contributed by atoms with van der Waals surface area (Å²) in [5, 5.41) is 19.7. The minimum atomic E-state index is -4.08. The number of H-pyrrole nitrogens is 1. The molecule has 0 unspecified atom stereocenters. The molecule has 106 valence electrons. The number of nitrogens with zero attached hydrogens (tertiary/aromatic N) is 2. The molecule has 0 aliphatic rings. The molecule has 10 heteroatoms. The Morgan fingerprint density at radius 1 is 1.40 bits per heavy atom. The normalized spacial score (nSPS) is 11.1. The molecular weight excluding hydrogens is 286 g/mol. The molecule has 3 N–H and O–H groups in total. The van der Waals surface area contributed by atoms with Crippen LogP contribution >= 0.6 is 0 Å². The molecule has 0 amide bonds. The van der Waals surface area contributed by atoms with Crippen LogP contribution in [-0.4, -0.2) is 30.6 Å². The first-order valence-electron chi connectivity index (χ1n) is 5.42. The lowest BCUT2D eigenvalue weighted by Crippen LogP contribution is -2.15. The Kier molecular flexibility index (Phi) is 3.57. The number of aromatic nitrogens is 2. The second kappa shape index (κ2) is 5.17. The Hall–Kier alpha value is -2.62. The number of nitro benzene ring substituents is 1. The van der Waals surface area contributed by atoms with Crippen molar-refractivity contribution < 1.29 is 13.3 Å². The van der Waals surface area contributed by atoms with Gasteiger partial charge in [-0.05, 0) is 12.1 Å². The van der Waals surface area contributed by atoms with Crippen LogP contribution in [0, 0.1) is 10.1 Å². The summed E-state index contributed by atoms with van der Waals surface area (Å²) in [7, 11) is -2.61. The lowest BCUT2D eigenvalue weighted by Gasteiger charge is -2.09. The highest BCUT2D eigenvalue weighted by atomic mass is 32.2. The zero-order valence-electron chi connectivity index (χ0n) is 10.3. The Bertz CT molecular complexity index is 726. The molecule has 20 heavy (non-hydrogen) atoms. The first-order valence-corrected chi connectivity index (χ1v) is 6.91. The van der Waals surface area contributed by atoms with Gasteiger partial charge in [-0.2, -0.15) is 5.10 Å². The molecule has 1 heterocycles. The average molecular weight is 297 g/mol. The van der Waals surface area contributed by atoms with Crippen LogP contribution < -0.4 is 10.0 Å². The number of aromatic amines is 1. The Morgan fingerprint density at radius 3 is 2.70 bits per heavy atom. The number of hydrogen-bond donors (Lipinski definition) is 3. The number of benzene rings is 1. The topological polar surface area (TPSA) is 130 Å². The number of sulfonamides is 1. The van der Waals surface area contributed by atoms with Crippen molar-refractivity contribution in [1.82, 2.24) is 10.2 Å². The maximum atomic E-state index is 12.2. The van der Waals surface area contributed by atoms with Gasteiger partial charge in [0.05, 0.1) is 16.8 Å². The molecule has 1 aromatic heterocycles. The monoisotopic (exact) mass is 297 g/mol. The molecule has 0 radical (unpaired) electrons. The van der Waals surface area contributed by atoms with E-state index in [1.165, 1.54) is 37.6 Å². The molecule has 2 aromatic rings. The van der Waals surface area contributed by atoms with Gasteiger partial charge in [-0.25, -0.2) is 8.42 Å². The molecule has 0 bridgehead atoms. The van der Waals surface area contributed by atoms with Gasteiger partial charge in [-0.3, -0.25) is 19.9 Å². The molecule has 0 aliphatic carbocycles. The van der Waals surface area contributed by atoms with Crippen LogP contribution in [0.25, 0.3) is 0 Å². The quantitative estimate of drug-likeness (QED) is 0.560. The van der Waals surface area contributed by atoms with Crippen molar-refractivity contribution in [2.24, 2.45) is 0 Å². The molecule has 0 saturated carbocycles. The van der Waals surface area contributed by atoms with Crippen molar-refractivity contribution in [3.05, 3.63) is 40.7 Å². The van der Waals surface area contributed by atoms with Gasteiger partial charge in [0, 0.05) is 13.2 Å². The summed E-state index contributed by atoms with van der Waals surface area (Å²) in [6, 6.07) is 4.01. The molecule has 0 saturated heterocycles. The third kappa shape index (κ3) is 2.54. The first kappa shape index (κ1) is 13.8. The van der Waals surface area contributed by atoms with E-state index < -0.39 is 25.5 Å². The van der Waals surface area contributed by atoms with Gasteiger partial charge in [0.1, 0.15) is 5.69 Å². The number of nitro groups is 1. The van der Waals surface area contributed by atoms with Crippen molar-refractivity contribution in [3.63, 3.8) is 0 Å². The van der Waals surface area contributed by atoms with Gasteiger partial charge < -0.3 is 5.32 Å². The summed E-state index contributed by atoms with van der Waals surface area (Å²) in [6.07, 6.45) is 2.58. The van der Waals surface area contributed by atoms with Gasteiger partial charge in [0.15, 0.2) is 4.90 Å². The summed E-state index contributed by atoms with van der Waals surface area (Å²) in [4.78, 5) is 9.94. The van der Waals surface area contributed by atoms with Crippen molar-refractivity contribution in [3.8, 4) is 0 Å². The fourth-order valence-electron chi connectivity index (χ4n) is 1.65. The predicted octanol–water partition coefficient (Wildman–Crippen LogP) is 1.16. The van der Waals surface area contributed by atoms with E-state index in [1.807, 2.05) is 0 Å². The largest absolute Gasteiger partial charge is 0.383 e. The van der Waals surface area contributed by atoms with Crippen LogP contribution in [0.15, 0.2) is 35.5 Å². The Morgan fingerprint density at radius 2 is 2.15 bits per heavy atom. The van der Waals surface area contributed by atoms with Gasteiger partial charge in [0.25, 0.3) is 10.0 Å². The highest BCUT2D eigenvalue weighted by Gasteiger charge is 2.28. The highest BCUT2D eigenvalue weighted by molar-refractivity contribution is 7.92. The minimum absolute atomic E-state index is 0.116. The van der Waals surface area contributed by atoms with Crippen LogP contribution in [0.5, 0.6) is 0 Å². The second-order valence-corrected chi connectivity index (χ2v) is 5.40. The van der Waals surface area contributed by atoms with Crippen molar-refractivity contribution in [2.45, 2.75) is 4.90 Å². The lowest BCUT2D eigenvalue weighted by atomic mass is 10.3. The fraction of sp³-hybridized carbons (Fsp3) is 0.100. The molecular formula is C10H11N5O4S. The number of anilines is 2. The maximum absolute atomic E-state index is 12.2. The highest BCUT2D eigenvalue weighted by Crippen LogP contribution is 2.32. The SMILES string of the molecule is CNc1cccc(S(=O)(=O)Nc2cn[nH]c2)c1[N+](=O)[O-]. The van der Waals surface area contributed by atoms with Crippen molar-refractivity contribution in [1.29, 1.82) is 0 Å². The van der Waals surface area contributed by atoms with Crippen LogP contribution in [-0.2, 0) is 10.0 Å². The van der Waals surface area contributed by atoms with E-state index in [-0.39, 0.29) is 11.4 Å². The van der Waals surface area contributed by atoms with E-state index in [0.717, 1.165) is 0 Å². The van der Waals surface area contributed by atoms with Crippen molar-refractivity contribution >= 4 is 27.1 Å². The van der Waals surface area contributed by atoms with E-state index in [1.54, 1.807) is 0 Å². The Balaban J connectivity index is 2.54. The lowest BCUT2D eigenvalue weighted by molar-refractivity contribution is -0.386. The zero-order chi connectivity index (χ0) is 14.8. The van der Waals surface area contributed by atoms with Gasteiger partial charge >= 0.3 is 5.69 Å². The second-order valence-electron chi connectivity index (χ2n) is 3.75. The fourth-order valence-corrected chi connectivity index (χ4v) is 2.87. The molecule has 1 aromatic carbocycles. The van der Waals surface area contributed by atoms with Gasteiger partial charge in [-0.1, -0.05) is 6.07 Å². The molecule has 0 spiro atoms. The summed E-state index contributed by atoms with van der Waals surface area (Å²) >= 11 is 0. The molecule has 9 nitrogen and oxygen atoms in total. The predicted molar refractivity (Wildman–Crippen MR) is 72.0 cm³/mol. The number of para-hydroxylation sites is 1. The van der Waals surface area contributed by atoms with Crippen LogP contribution in [0.1, 0.15) is 0 Å². The Labute approximate surface area is 114 Å². The maximum Gasteiger partial charge on any atom is 0.312 e. The smallest absolute Gasteiger partial charge is 0.312 e. The summed E-state index contributed by atoms with van der Waals surface area (Å²) in [6.45, 7) is 0. The van der Waals surface area contributed by atoms with E-state index in [2.05, 4.69) is 20.2 Å². The van der Waals surface area contributed by atoms with E-state index >= 15 is 0 Å². The first-order chi connectivity index (χ1) is 9.45. The summed E-state index contributed by atoms with van der Waals surface area (Å²) in [5.74, 6) is 0. The minimum Gasteiger partial charge on any atom is -0.383 e. The zero-order valence-corrected chi connectivity index (χ0v) is 11.1. The van der Waals surface area contributed by atoms with Crippen LogP contribution in [0.4, 0.5) is 17.1 Å². The van der Waals surface area contributed by atoms with Gasteiger partial charge in [-0.15, -0.1) is 0 Å². The molecule has 0 aliphatic heterocycles. The van der Waals surface area contributed by atoms with Crippen molar-refractivity contribution in [2.75, 3.05) is 17.1 Å². The summed E-state index contributed by atoms with van der Waals surface area (Å²) in [5.41, 5.74) is -0.203. The standard InChI is InChI=1S/C10H11N5O4S/c1-11-8-3-2-4-9(10(8)15(16)17)20(18,19)14-7-5-12-13-6-7/h2-6,11,14H,1H3,(H,12,13). The van der Waals surface area contributed by atoms with Crippen LogP contribution in [0.2, 0.25) is 0 Å². The molecule has 2 rings (SSSR count). The molecule has 0 atom stereocenters. The number of rotatable bonds is 5. The van der Waals surface area contributed by atoms with E-state index in [0.29, 0.717) is 0 Å². The number of hydrogen-bond acceptors (Lipinski definition) is 6. The average Bonchev–Trinajstić information content (AvgIpc) is 2.89. The van der Waals surface area contributed by atoms with Crippen LogP contribution in [0.3, 0.4) is 0 Å². The van der Waals surface area contributed by atoms with E-state index in [4.69, 9.17) is 0 Å². The third-order valence-corrected chi connectivity index (χ3v) is 3.90. The summed E-state index contributed by atoms with van der Waals surface area (Å²) < 4.78 is 26.6. The molecule has 0 fully saturated rings. The van der Waals surface area contributed by atoms with E-state index in [9.17, 15) is 18.5 Å². The number of nitrogens with one attached hydrogen (secondary N) is 3. The third-order valence-electron chi connectivity index (χ3n) is 2.49. The van der Waals surface area contributed by atoms with Gasteiger partial charge in [0.2, 0.25) is 0 Å².